The van der Waals surface area contributed by atoms with E-state index in [-0.39, 0.29) is 0 Å². The van der Waals surface area contributed by atoms with Gasteiger partial charge in [-0.15, -0.1) is 0 Å². The fraction of sp³-hybridized carbons (Fsp3) is 0.0370. The summed E-state index contributed by atoms with van der Waals surface area (Å²) in [6.07, 6.45) is 3.93. The molecule has 0 fully saturated rings. The van der Waals surface area contributed by atoms with E-state index in [0.717, 1.165) is 44.3 Å². The third kappa shape index (κ3) is 2.84. The average Bonchev–Trinajstić information content (AvgIpc) is 3.32. The third-order valence-corrected chi connectivity index (χ3v) is 5.77. The molecule has 31 heavy (non-hydrogen) atoms. The lowest BCUT2D eigenvalue weighted by atomic mass is 9.85. The molecule has 1 atom stereocenters. The van der Waals surface area contributed by atoms with E-state index in [1.165, 1.54) is 0 Å². The molecular formula is C27H18N4. The first-order chi connectivity index (χ1) is 15.3. The Morgan fingerprint density at radius 1 is 0.613 bits per heavy atom. The number of nitrogens with zero attached hydrogens (tertiary/aromatic N) is 4. The second-order valence-corrected chi connectivity index (χ2v) is 7.64. The van der Waals surface area contributed by atoms with E-state index in [2.05, 4.69) is 64.7 Å². The van der Waals surface area contributed by atoms with Crippen molar-refractivity contribution in [2.24, 2.45) is 10.2 Å². The van der Waals surface area contributed by atoms with Crippen LogP contribution in [0.4, 0.5) is 0 Å². The summed E-state index contributed by atoms with van der Waals surface area (Å²) in [5.74, 6) is 0. The van der Waals surface area contributed by atoms with Crippen LogP contribution < -0.4 is 0 Å². The van der Waals surface area contributed by atoms with E-state index in [1.54, 1.807) is 0 Å². The lowest BCUT2D eigenvalue weighted by Gasteiger charge is -2.23. The highest BCUT2D eigenvalue weighted by atomic mass is 15.2. The van der Waals surface area contributed by atoms with Crippen LogP contribution in [-0.4, -0.2) is 9.97 Å². The number of fused-ring (bicyclic) bond motifs is 3. The molecule has 3 aromatic carbocycles. The molecule has 5 aromatic rings. The number of azo groups is 1. The standard InChI is InChI=1S/C27H18N4/c1-3-8-19(9-4-1)23-18-27(31-30-23,22-11-5-2-6-12-22)24-16-15-21-14-13-20-10-7-17-28-25(20)26(21)29-24/h1-18H. The summed E-state index contributed by atoms with van der Waals surface area (Å²) in [5, 5.41) is 11.5. The second kappa shape index (κ2) is 6.96. The summed E-state index contributed by atoms with van der Waals surface area (Å²) in [6, 6.07) is 32.7. The van der Waals surface area contributed by atoms with Gasteiger partial charge in [-0.05, 0) is 23.8 Å². The number of hydrogen-bond acceptors (Lipinski definition) is 4. The molecular weight excluding hydrogens is 380 g/mol. The van der Waals surface area contributed by atoms with Crippen molar-refractivity contribution in [3.8, 4) is 0 Å². The van der Waals surface area contributed by atoms with Crippen LogP contribution >= 0.6 is 0 Å². The molecule has 0 radical (unpaired) electrons. The Morgan fingerprint density at radius 3 is 2.13 bits per heavy atom. The van der Waals surface area contributed by atoms with E-state index in [4.69, 9.17) is 10.1 Å². The highest BCUT2D eigenvalue weighted by Crippen LogP contribution is 2.43. The molecule has 0 spiro atoms. The molecule has 4 nitrogen and oxygen atoms in total. The zero-order chi connectivity index (χ0) is 20.7. The van der Waals surface area contributed by atoms with Crippen molar-refractivity contribution in [1.29, 1.82) is 0 Å². The normalized spacial score (nSPS) is 17.9. The number of benzene rings is 3. The molecule has 0 bridgehead atoms. The Morgan fingerprint density at radius 2 is 1.32 bits per heavy atom. The Bertz CT molecular complexity index is 1470. The van der Waals surface area contributed by atoms with Gasteiger partial charge in [0, 0.05) is 22.5 Å². The Hall–Kier alpha value is -4.18. The minimum atomic E-state index is -0.780. The highest BCUT2D eigenvalue weighted by Gasteiger charge is 2.38. The predicted molar refractivity (Wildman–Crippen MR) is 124 cm³/mol. The molecule has 0 amide bonds. The fourth-order valence-corrected chi connectivity index (χ4v) is 4.18. The molecule has 0 saturated heterocycles. The van der Waals surface area contributed by atoms with Gasteiger partial charge >= 0.3 is 0 Å². The maximum Gasteiger partial charge on any atom is 0.169 e. The minimum Gasteiger partial charge on any atom is -0.254 e. The molecule has 6 rings (SSSR count). The smallest absolute Gasteiger partial charge is 0.169 e. The van der Waals surface area contributed by atoms with Crippen molar-refractivity contribution in [2.45, 2.75) is 5.54 Å². The van der Waals surface area contributed by atoms with E-state index in [9.17, 15) is 0 Å². The Balaban J connectivity index is 1.62. The van der Waals surface area contributed by atoms with Crippen molar-refractivity contribution >= 4 is 27.5 Å². The zero-order valence-electron chi connectivity index (χ0n) is 16.7. The van der Waals surface area contributed by atoms with Gasteiger partial charge in [-0.1, -0.05) is 84.9 Å². The topological polar surface area (TPSA) is 50.5 Å². The van der Waals surface area contributed by atoms with Crippen molar-refractivity contribution in [3.63, 3.8) is 0 Å². The van der Waals surface area contributed by atoms with Crippen LogP contribution in [0.5, 0.6) is 0 Å². The maximum atomic E-state index is 5.10. The van der Waals surface area contributed by atoms with E-state index < -0.39 is 5.54 Å². The van der Waals surface area contributed by atoms with Gasteiger partial charge in [-0.2, -0.15) is 10.2 Å². The maximum absolute atomic E-state index is 5.10. The summed E-state index contributed by atoms with van der Waals surface area (Å²) in [4.78, 5) is 9.70. The van der Waals surface area contributed by atoms with Crippen molar-refractivity contribution in [3.05, 3.63) is 126 Å². The molecule has 3 heterocycles. The molecule has 146 valence electrons. The summed E-state index contributed by atoms with van der Waals surface area (Å²) < 4.78 is 0. The number of hydrogen-bond donors (Lipinski definition) is 0. The fourth-order valence-electron chi connectivity index (χ4n) is 4.18. The van der Waals surface area contributed by atoms with Crippen molar-refractivity contribution in [2.75, 3.05) is 0 Å². The molecule has 1 aliphatic rings. The van der Waals surface area contributed by atoms with Gasteiger partial charge in [-0.25, -0.2) is 4.98 Å². The van der Waals surface area contributed by atoms with Gasteiger partial charge in [0.05, 0.1) is 22.4 Å². The molecule has 1 unspecified atom stereocenters. The molecule has 4 heteroatoms. The Kier molecular flexibility index (Phi) is 3.96. The summed E-state index contributed by atoms with van der Waals surface area (Å²) in [5.41, 5.74) is 4.75. The number of aromatic nitrogens is 2. The number of pyridine rings is 2. The van der Waals surface area contributed by atoms with Crippen LogP contribution in [0.2, 0.25) is 0 Å². The quantitative estimate of drug-likeness (QED) is 0.324. The second-order valence-electron chi connectivity index (χ2n) is 7.64. The van der Waals surface area contributed by atoms with Gasteiger partial charge in [0.2, 0.25) is 0 Å². The van der Waals surface area contributed by atoms with Gasteiger partial charge < -0.3 is 0 Å². The zero-order valence-corrected chi connectivity index (χ0v) is 16.7. The average molecular weight is 398 g/mol. The van der Waals surface area contributed by atoms with Crippen LogP contribution in [0.3, 0.4) is 0 Å². The molecule has 1 aliphatic heterocycles. The van der Waals surface area contributed by atoms with Crippen LogP contribution in [0, 0.1) is 0 Å². The van der Waals surface area contributed by atoms with E-state index >= 15 is 0 Å². The van der Waals surface area contributed by atoms with E-state index in [1.807, 2.05) is 54.7 Å². The molecule has 2 aromatic heterocycles. The van der Waals surface area contributed by atoms with Gasteiger partial charge in [0.15, 0.2) is 5.54 Å². The van der Waals surface area contributed by atoms with Gasteiger partial charge in [0.1, 0.15) is 0 Å². The minimum absolute atomic E-state index is 0.780. The molecule has 0 N–H and O–H groups in total. The van der Waals surface area contributed by atoms with Crippen LogP contribution in [0.25, 0.3) is 27.5 Å². The summed E-state index contributed by atoms with van der Waals surface area (Å²) in [6.45, 7) is 0. The van der Waals surface area contributed by atoms with E-state index in [0.29, 0.717) is 0 Å². The van der Waals surface area contributed by atoms with Crippen LogP contribution in [-0.2, 0) is 5.54 Å². The lowest BCUT2D eigenvalue weighted by molar-refractivity contribution is 0.649. The highest BCUT2D eigenvalue weighted by molar-refractivity contribution is 6.02. The lowest BCUT2D eigenvalue weighted by Crippen LogP contribution is -2.22. The van der Waals surface area contributed by atoms with Crippen LogP contribution in [0.1, 0.15) is 16.8 Å². The summed E-state index contributed by atoms with van der Waals surface area (Å²) >= 11 is 0. The SMILES string of the molecule is C1=C(c2ccccc2)N=NC1(c1ccccc1)c1ccc2ccc3cccnc3c2n1. The van der Waals surface area contributed by atoms with Gasteiger partial charge in [0.25, 0.3) is 0 Å². The third-order valence-electron chi connectivity index (χ3n) is 5.77. The van der Waals surface area contributed by atoms with Crippen molar-refractivity contribution < 1.29 is 0 Å². The largest absolute Gasteiger partial charge is 0.254 e. The van der Waals surface area contributed by atoms with Crippen molar-refractivity contribution in [1.82, 2.24) is 9.97 Å². The monoisotopic (exact) mass is 398 g/mol. The Labute approximate surface area is 179 Å². The summed E-state index contributed by atoms with van der Waals surface area (Å²) in [7, 11) is 0. The first-order valence-electron chi connectivity index (χ1n) is 10.3. The molecule has 0 aliphatic carbocycles. The van der Waals surface area contributed by atoms with Crippen LogP contribution in [0.15, 0.2) is 120 Å². The predicted octanol–water partition coefficient (Wildman–Crippen LogP) is 6.53. The first kappa shape index (κ1) is 17.7. The number of rotatable bonds is 3. The van der Waals surface area contributed by atoms with Gasteiger partial charge in [-0.3, -0.25) is 4.98 Å². The molecule has 0 saturated carbocycles. The first-order valence-corrected chi connectivity index (χ1v) is 10.3.